The molecule has 17 heavy (non-hydrogen) atoms. The Hall–Kier alpha value is -0.690. The number of ether oxygens (including phenoxy) is 1. The highest BCUT2D eigenvalue weighted by atomic mass is 16.5. The van der Waals surface area contributed by atoms with E-state index in [0.717, 1.165) is 0 Å². The third kappa shape index (κ3) is 10.2. The molecule has 0 saturated carbocycles. The van der Waals surface area contributed by atoms with Crippen molar-refractivity contribution >= 4 is 5.97 Å². The Labute approximate surface area is 102 Å². The van der Waals surface area contributed by atoms with Crippen molar-refractivity contribution < 1.29 is 24.9 Å². The number of aliphatic hydroxyl groups is 3. The van der Waals surface area contributed by atoms with Crippen molar-refractivity contribution in [2.45, 2.75) is 32.5 Å². The van der Waals surface area contributed by atoms with Crippen molar-refractivity contribution in [3.05, 3.63) is 0 Å². The predicted octanol–water partition coefficient (Wildman–Crippen LogP) is -1.02. The van der Waals surface area contributed by atoms with Crippen LogP contribution in [0.3, 0.4) is 0 Å². The fraction of sp³-hybridized carbons (Fsp3) is 0.909. The molecule has 0 aromatic rings. The molecule has 0 heterocycles. The minimum absolute atomic E-state index is 0.00559. The Morgan fingerprint density at radius 3 is 2.18 bits per heavy atom. The quantitative estimate of drug-likeness (QED) is 0.453. The maximum absolute atomic E-state index is 11.2. The lowest BCUT2D eigenvalue weighted by Crippen LogP contribution is -2.37. The van der Waals surface area contributed by atoms with Gasteiger partial charge in [0, 0.05) is 19.6 Å². The first-order valence-corrected chi connectivity index (χ1v) is 5.80. The predicted molar refractivity (Wildman–Crippen MR) is 62.5 cm³/mol. The van der Waals surface area contributed by atoms with E-state index in [1.165, 1.54) is 0 Å². The van der Waals surface area contributed by atoms with E-state index in [4.69, 9.17) is 9.84 Å². The van der Waals surface area contributed by atoms with Gasteiger partial charge < -0.3 is 20.1 Å². The standard InChI is InChI=1S/C11H23NO5/c1-9(14)7-12(8-10(2)15)4-3-11(16)17-6-5-13/h9-10,13-15H,3-8H2,1-2H3. The van der Waals surface area contributed by atoms with Gasteiger partial charge in [0.1, 0.15) is 6.61 Å². The van der Waals surface area contributed by atoms with Crippen LogP contribution >= 0.6 is 0 Å². The molecule has 0 aliphatic carbocycles. The Morgan fingerprint density at radius 1 is 1.24 bits per heavy atom. The third-order valence-corrected chi connectivity index (χ3v) is 2.03. The van der Waals surface area contributed by atoms with Crippen LogP contribution < -0.4 is 0 Å². The minimum Gasteiger partial charge on any atom is -0.463 e. The van der Waals surface area contributed by atoms with Crippen LogP contribution in [-0.2, 0) is 9.53 Å². The topological polar surface area (TPSA) is 90.2 Å². The van der Waals surface area contributed by atoms with E-state index < -0.39 is 12.2 Å². The van der Waals surface area contributed by atoms with Crippen LogP contribution in [0.2, 0.25) is 0 Å². The molecule has 3 N–H and O–H groups in total. The normalized spacial score (nSPS) is 14.7. The van der Waals surface area contributed by atoms with Crippen molar-refractivity contribution in [2.24, 2.45) is 0 Å². The SMILES string of the molecule is CC(O)CN(CCC(=O)OCCO)CC(C)O. The van der Waals surface area contributed by atoms with Crippen LogP contribution in [0.25, 0.3) is 0 Å². The summed E-state index contributed by atoms with van der Waals surface area (Å²) in [5, 5.41) is 27.0. The zero-order valence-electron chi connectivity index (χ0n) is 10.5. The van der Waals surface area contributed by atoms with Crippen LogP contribution in [0.4, 0.5) is 0 Å². The average Bonchev–Trinajstić information content (AvgIpc) is 2.21. The van der Waals surface area contributed by atoms with Gasteiger partial charge in [-0.15, -0.1) is 0 Å². The maximum atomic E-state index is 11.2. The van der Waals surface area contributed by atoms with Crippen molar-refractivity contribution in [1.29, 1.82) is 0 Å². The van der Waals surface area contributed by atoms with Crippen LogP contribution in [0.1, 0.15) is 20.3 Å². The Kier molecular flexibility index (Phi) is 8.97. The summed E-state index contributed by atoms with van der Waals surface area (Å²) in [4.78, 5) is 13.0. The van der Waals surface area contributed by atoms with E-state index in [9.17, 15) is 15.0 Å². The van der Waals surface area contributed by atoms with Crippen molar-refractivity contribution in [3.8, 4) is 0 Å². The maximum Gasteiger partial charge on any atom is 0.307 e. The summed E-state index contributed by atoms with van der Waals surface area (Å²) in [5.41, 5.74) is 0. The number of hydrogen-bond acceptors (Lipinski definition) is 6. The van der Waals surface area contributed by atoms with E-state index in [2.05, 4.69) is 0 Å². The molecular weight excluding hydrogens is 226 g/mol. The monoisotopic (exact) mass is 249 g/mol. The summed E-state index contributed by atoms with van der Waals surface area (Å²) in [5.74, 6) is -0.389. The molecule has 6 heteroatoms. The molecule has 0 aromatic heterocycles. The molecule has 0 rings (SSSR count). The average molecular weight is 249 g/mol. The Balaban J connectivity index is 3.93. The van der Waals surface area contributed by atoms with E-state index in [0.29, 0.717) is 19.6 Å². The number of nitrogens with zero attached hydrogens (tertiary/aromatic N) is 1. The molecule has 6 nitrogen and oxygen atoms in total. The third-order valence-electron chi connectivity index (χ3n) is 2.03. The fourth-order valence-electron chi connectivity index (χ4n) is 1.49. The number of rotatable bonds is 9. The second kappa shape index (κ2) is 9.35. The van der Waals surface area contributed by atoms with E-state index in [1.54, 1.807) is 18.7 Å². The zero-order chi connectivity index (χ0) is 13.3. The van der Waals surface area contributed by atoms with Gasteiger partial charge in [0.2, 0.25) is 0 Å². The van der Waals surface area contributed by atoms with E-state index >= 15 is 0 Å². The first-order valence-electron chi connectivity index (χ1n) is 5.80. The lowest BCUT2D eigenvalue weighted by Gasteiger charge is -2.24. The summed E-state index contributed by atoms with van der Waals surface area (Å²) >= 11 is 0. The number of esters is 1. The molecule has 0 radical (unpaired) electrons. The summed E-state index contributed by atoms with van der Waals surface area (Å²) in [6.07, 6.45) is -0.844. The van der Waals surface area contributed by atoms with Crippen LogP contribution in [0, 0.1) is 0 Å². The zero-order valence-corrected chi connectivity index (χ0v) is 10.5. The molecular formula is C11H23NO5. The highest BCUT2D eigenvalue weighted by molar-refractivity contribution is 5.69. The molecule has 0 aliphatic heterocycles. The van der Waals surface area contributed by atoms with Gasteiger partial charge in [0.25, 0.3) is 0 Å². The van der Waals surface area contributed by atoms with Gasteiger partial charge in [0.05, 0.1) is 25.2 Å². The summed E-state index contributed by atoms with van der Waals surface area (Å²) in [6, 6.07) is 0. The number of carbonyl (C=O) groups excluding carboxylic acids is 1. The number of carbonyl (C=O) groups is 1. The van der Waals surface area contributed by atoms with Gasteiger partial charge in [-0.3, -0.25) is 9.69 Å². The van der Waals surface area contributed by atoms with Crippen molar-refractivity contribution in [3.63, 3.8) is 0 Å². The molecule has 102 valence electrons. The summed E-state index contributed by atoms with van der Waals surface area (Å²) in [6.45, 7) is 4.34. The van der Waals surface area contributed by atoms with Gasteiger partial charge in [-0.25, -0.2) is 0 Å². The molecule has 0 amide bonds. The summed E-state index contributed by atoms with van der Waals surface area (Å²) < 4.78 is 4.71. The van der Waals surface area contributed by atoms with E-state index in [-0.39, 0.29) is 25.6 Å². The molecule has 0 saturated heterocycles. The number of aliphatic hydroxyl groups excluding tert-OH is 3. The summed E-state index contributed by atoms with van der Waals surface area (Å²) in [7, 11) is 0. The Bertz CT molecular complexity index is 198. The second-order valence-corrected chi connectivity index (χ2v) is 4.15. The molecule has 0 fully saturated rings. The van der Waals surface area contributed by atoms with Crippen LogP contribution in [0.5, 0.6) is 0 Å². The van der Waals surface area contributed by atoms with Gasteiger partial charge in [-0.1, -0.05) is 0 Å². The smallest absolute Gasteiger partial charge is 0.307 e. The number of hydrogen-bond donors (Lipinski definition) is 3. The minimum atomic E-state index is -0.512. The first-order chi connectivity index (χ1) is 7.95. The van der Waals surface area contributed by atoms with Crippen molar-refractivity contribution in [1.82, 2.24) is 4.90 Å². The van der Waals surface area contributed by atoms with E-state index in [1.807, 2.05) is 0 Å². The fourth-order valence-corrected chi connectivity index (χ4v) is 1.49. The van der Waals surface area contributed by atoms with Gasteiger partial charge in [0.15, 0.2) is 0 Å². The molecule has 0 aliphatic rings. The molecule has 0 spiro atoms. The lowest BCUT2D eigenvalue weighted by atomic mass is 10.3. The van der Waals surface area contributed by atoms with Crippen molar-refractivity contribution in [2.75, 3.05) is 32.8 Å². The van der Waals surface area contributed by atoms with Crippen LogP contribution in [0.15, 0.2) is 0 Å². The van der Waals surface area contributed by atoms with Crippen LogP contribution in [-0.4, -0.2) is 71.2 Å². The molecule has 0 aromatic carbocycles. The van der Waals surface area contributed by atoms with Gasteiger partial charge >= 0.3 is 5.97 Å². The first kappa shape index (κ1) is 16.3. The molecule has 2 unspecified atom stereocenters. The highest BCUT2D eigenvalue weighted by Gasteiger charge is 2.13. The molecule has 0 bridgehead atoms. The largest absolute Gasteiger partial charge is 0.463 e. The van der Waals surface area contributed by atoms with Gasteiger partial charge in [-0.2, -0.15) is 0 Å². The molecule has 2 atom stereocenters. The lowest BCUT2D eigenvalue weighted by molar-refractivity contribution is -0.145. The van der Waals surface area contributed by atoms with Gasteiger partial charge in [-0.05, 0) is 13.8 Å². The highest BCUT2D eigenvalue weighted by Crippen LogP contribution is 1.99. The second-order valence-electron chi connectivity index (χ2n) is 4.15. The Morgan fingerprint density at radius 2 is 1.76 bits per heavy atom.